The Kier molecular flexibility index (Phi) is 4.03. The second kappa shape index (κ2) is 5.92. The van der Waals surface area contributed by atoms with Crippen LogP contribution in [0.5, 0.6) is 0 Å². The molecule has 7 heteroatoms. The van der Waals surface area contributed by atoms with Gasteiger partial charge in [0.15, 0.2) is 5.16 Å². The first-order valence-electron chi connectivity index (χ1n) is 6.84. The van der Waals surface area contributed by atoms with Gasteiger partial charge in [-0.1, -0.05) is 11.8 Å². The van der Waals surface area contributed by atoms with Crippen molar-refractivity contribution in [2.75, 3.05) is 43.1 Å². The Balaban J connectivity index is 1.80. The molecule has 6 nitrogen and oxygen atoms in total. The third kappa shape index (κ3) is 3.09. The minimum atomic E-state index is 0.489. The lowest BCUT2D eigenvalue weighted by Gasteiger charge is -2.24. The highest BCUT2D eigenvalue weighted by molar-refractivity contribution is 7.99. The van der Waals surface area contributed by atoms with Crippen molar-refractivity contribution in [1.29, 1.82) is 0 Å². The van der Waals surface area contributed by atoms with Crippen LogP contribution in [0.15, 0.2) is 5.16 Å². The highest BCUT2D eigenvalue weighted by Gasteiger charge is 2.23. The second-order valence-corrected chi connectivity index (χ2v) is 6.01. The van der Waals surface area contributed by atoms with Crippen molar-refractivity contribution in [3.63, 3.8) is 0 Å². The normalized spacial score (nSPS) is 19.5. The first kappa shape index (κ1) is 12.9. The maximum atomic E-state index is 5.20. The summed E-state index contributed by atoms with van der Waals surface area (Å²) in [4.78, 5) is 15.8. The van der Waals surface area contributed by atoms with Gasteiger partial charge in [0.25, 0.3) is 0 Å². The van der Waals surface area contributed by atoms with E-state index >= 15 is 0 Å². The van der Waals surface area contributed by atoms with Crippen LogP contribution >= 0.6 is 11.8 Å². The zero-order valence-electron chi connectivity index (χ0n) is 11.1. The molecule has 0 unspecified atom stereocenters. The van der Waals surface area contributed by atoms with Crippen molar-refractivity contribution in [2.45, 2.75) is 30.2 Å². The van der Waals surface area contributed by atoms with E-state index in [2.05, 4.69) is 25.2 Å². The third-order valence-corrected chi connectivity index (χ3v) is 4.21. The average Bonchev–Trinajstić information content (AvgIpc) is 2.88. The van der Waals surface area contributed by atoms with Gasteiger partial charge < -0.3 is 15.0 Å². The number of rotatable bonds is 5. The summed E-state index contributed by atoms with van der Waals surface area (Å²) in [6.07, 6.45) is 2.45. The molecule has 2 saturated heterocycles. The standard InChI is InChI=1S/C12H19N5OS/c1-2-13-10-14-11(17-5-3-4-6-17)16-12(15-10)19-9-7-18-8-9/h9H,2-8H2,1H3,(H,13,14,15,16). The molecule has 1 aromatic rings. The minimum absolute atomic E-state index is 0.489. The predicted molar refractivity (Wildman–Crippen MR) is 75.9 cm³/mol. The number of anilines is 2. The Morgan fingerprint density at radius 1 is 1.26 bits per heavy atom. The lowest BCUT2D eigenvalue weighted by atomic mass is 10.4. The Labute approximate surface area is 117 Å². The van der Waals surface area contributed by atoms with Gasteiger partial charge in [-0.2, -0.15) is 15.0 Å². The maximum absolute atomic E-state index is 5.20. The summed E-state index contributed by atoms with van der Waals surface area (Å²) < 4.78 is 5.20. The van der Waals surface area contributed by atoms with E-state index in [1.54, 1.807) is 11.8 Å². The van der Waals surface area contributed by atoms with Crippen molar-refractivity contribution in [2.24, 2.45) is 0 Å². The monoisotopic (exact) mass is 281 g/mol. The smallest absolute Gasteiger partial charge is 0.231 e. The Bertz CT molecular complexity index is 434. The van der Waals surface area contributed by atoms with Crippen LogP contribution in [0.4, 0.5) is 11.9 Å². The van der Waals surface area contributed by atoms with Crippen LogP contribution in [0, 0.1) is 0 Å². The predicted octanol–water partition coefficient (Wildman–Crippen LogP) is 1.39. The summed E-state index contributed by atoms with van der Waals surface area (Å²) in [6, 6.07) is 0. The van der Waals surface area contributed by atoms with Crippen molar-refractivity contribution in [3.8, 4) is 0 Å². The molecule has 3 heterocycles. The topological polar surface area (TPSA) is 63.2 Å². The van der Waals surface area contributed by atoms with Gasteiger partial charge in [-0.15, -0.1) is 0 Å². The van der Waals surface area contributed by atoms with Crippen LogP contribution < -0.4 is 10.2 Å². The van der Waals surface area contributed by atoms with Gasteiger partial charge in [0, 0.05) is 19.6 Å². The molecule has 0 bridgehead atoms. The number of thioether (sulfide) groups is 1. The van der Waals surface area contributed by atoms with E-state index in [4.69, 9.17) is 4.74 Å². The van der Waals surface area contributed by atoms with Crippen LogP contribution in [0.25, 0.3) is 0 Å². The molecule has 1 aromatic heterocycles. The molecule has 2 aliphatic heterocycles. The van der Waals surface area contributed by atoms with E-state index in [-0.39, 0.29) is 0 Å². The Morgan fingerprint density at radius 2 is 2.05 bits per heavy atom. The number of hydrogen-bond donors (Lipinski definition) is 1. The molecule has 0 saturated carbocycles. The molecule has 2 fully saturated rings. The SMILES string of the molecule is CCNc1nc(SC2COC2)nc(N2CCCC2)n1. The summed E-state index contributed by atoms with van der Waals surface area (Å²) in [7, 11) is 0. The molecular weight excluding hydrogens is 262 g/mol. The highest BCUT2D eigenvalue weighted by Crippen LogP contribution is 2.27. The van der Waals surface area contributed by atoms with Gasteiger partial charge in [0.2, 0.25) is 11.9 Å². The summed E-state index contributed by atoms with van der Waals surface area (Å²) in [5.74, 6) is 1.49. The Morgan fingerprint density at radius 3 is 2.68 bits per heavy atom. The molecule has 104 valence electrons. The number of nitrogens with zero attached hydrogens (tertiary/aromatic N) is 4. The first-order valence-corrected chi connectivity index (χ1v) is 7.72. The largest absolute Gasteiger partial charge is 0.379 e. The molecule has 3 rings (SSSR count). The lowest BCUT2D eigenvalue weighted by molar-refractivity contribution is 0.0454. The van der Waals surface area contributed by atoms with E-state index in [1.807, 2.05) is 6.92 Å². The van der Waals surface area contributed by atoms with E-state index in [0.717, 1.165) is 44.0 Å². The molecule has 0 aliphatic carbocycles. The highest BCUT2D eigenvalue weighted by atomic mass is 32.2. The number of nitrogens with one attached hydrogen (secondary N) is 1. The van der Waals surface area contributed by atoms with Crippen molar-refractivity contribution in [1.82, 2.24) is 15.0 Å². The fourth-order valence-corrected chi connectivity index (χ4v) is 3.03. The number of ether oxygens (including phenoxy) is 1. The van der Waals surface area contributed by atoms with Crippen molar-refractivity contribution < 1.29 is 4.74 Å². The van der Waals surface area contributed by atoms with Crippen LogP contribution in [0.3, 0.4) is 0 Å². The van der Waals surface area contributed by atoms with Crippen LogP contribution in [0.2, 0.25) is 0 Å². The number of hydrogen-bond acceptors (Lipinski definition) is 7. The van der Waals surface area contributed by atoms with Crippen molar-refractivity contribution in [3.05, 3.63) is 0 Å². The summed E-state index contributed by atoms with van der Waals surface area (Å²) in [6.45, 7) is 6.56. The first-order chi connectivity index (χ1) is 9.35. The molecule has 2 aliphatic rings. The number of aromatic nitrogens is 3. The fourth-order valence-electron chi connectivity index (χ4n) is 2.13. The van der Waals surface area contributed by atoms with Crippen LogP contribution in [-0.4, -0.2) is 53.0 Å². The second-order valence-electron chi connectivity index (χ2n) is 4.74. The van der Waals surface area contributed by atoms with E-state index < -0.39 is 0 Å². The van der Waals surface area contributed by atoms with Crippen molar-refractivity contribution >= 4 is 23.7 Å². The van der Waals surface area contributed by atoms with Gasteiger partial charge in [0.05, 0.1) is 18.5 Å². The summed E-state index contributed by atoms with van der Waals surface area (Å²) >= 11 is 1.69. The van der Waals surface area contributed by atoms with E-state index in [9.17, 15) is 0 Å². The van der Waals surface area contributed by atoms with Gasteiger partial charge >= 0.3 is 0 Å². The summed E-state index contributed by atoms with van der Waals surface area (Å²) in [5.41, 5.74) is 0. The molecule has 0 spiro atoms. The molecule has 0 aromatic carbocycles. The van der Waals surface area contributed by atoms with Crippen LogP contribution in [-0.2, 0) is 4.74 Å². The van der Waals surface area contributed by atoms with Gasteiger partial charge in [-0.05, 0) is 19.8 Å². The zero-order valence-corrected chi connectivity index (χ0v) is 11.9. The molecule has 0 atom stereocenters. The average molecular weight is 281 g/mol. The van der Waals surface area contributed by atoms with E-state index in [1.165, 1.54) is 12.8 Å². The molecule has 19 heavy (non-hydrogen) atoms. The lowest BCUT2D eigenvalue weighted by Crippen LogP contribution is -2.30. The zero-order chi connectivity index (χ0) is 13.1. The molecule has 1 N–H and O–H groups in total. The maximum Gasteiger partial charge on any atom is 0.231 e. The van der Waals surface area contributed by atoms with Crippen LogP contribution in [0.1, 0.15) is 19.8 Å². The fraction of sp³-hybridized carbons (Fsp3) is 0.750. The van der Waals surface area contributed by atoms with Gasteiger partial charge in [0.1, 0.15) is 0 Å². The molecule has 0 radical (unpaired) electrons. The third-order valence-electron chi connectivity index (χ3n) is 3.21. The molecule has 0 amide bonds. The minimum Gasteiger partial charge on any atom is -0.379 e. The molecular formula is C12H19N5OS. The summed E-state index contributed by atoms with van der Waals surface area (Å²) in [5, 5.41) is 4.48. The van der Waals surface area contributed by atoms with E-state index in [0.29, 0.717) is 11.2 Å². The van der Waals surface area contributed by atoms with Gasteiger partial charge in [-0.25, -0.2) is 0 Å². The quantitative estimate of drug-likeness (QED) is 0.875. The Hall–Kier alpha value is -1.08. The van der Waals surface area contributed by atoms with Gasteiger partial charge in [-0.3, -0.25) is 0 Å².